The smallest absolute Gasteiger partial charge is 0.144 e. The molecule has 0 aromatic carbocycles. The van der Waals surface area contributed by atoms with E-state index in [4.69, 9.17) is 19.3 Å². The third-order valence-electron chi connectivity index (χ3n) is 2.41. The van der Waals surface area contributed by atoms with E-state index in [9.17, 15) is 0 Å². The van der Waals surface area contributed by atoms with Crippen molar-refractivity contribution in [1.29, 1.82) is 0 Å². The molecule has 4 nitrogen and oxygen atoms in total. The van der Waals surface area contributed by atoms with Crippen molar-refractivity contribution in [1.82, 2.24) is 0 Å². The first-order valence-corrected chi connectivity index (χ1v) is 3.75. The number of hydrogen-bond donors (Lipinski definition) is 1. The Hall–Kier alpha value is 0.472. The Balaban J connectivity index is 0.000000845. The van der Waals surface area contributed by atoms with E-state index in [0.717, 1.165) is 0 Å². The Morgan fingerprint density at radius 3 is 2.85 bits per heavy atom. The summed E-state index contributed by atoms with van der Waals surface area (Å²) in [5, 5.41) is 9.15. The molecule has 0 amide bonds. The fraction of sp³-hybridized carbons (Fsp3) is 0.625. The molecule has 2 saturated heterocycles. The number of aliphatic hydroxyl groups is 1. The molecule has 13 heavy (non-hydrogen) atoms. The first kappa shape index (κ1) is 11.5. The van der Waals surface area contributed by atoms with E-state index in [1.807, 2.05) is 0 Å². The van der Waals surface area contributed by atoms with Gasteiger partial charge in [0.2, 0.25) is 0 Å². The summed E-state index contributed by atoms with van der Waals surface area (Å²) in [6, 6.07) is 0. The zero-order chi connectivity index (χ0) is 8.77. The zero-order valence-corrected chi connectivity index (χ0v) is 11.5. The van der Waals surface area contributed by atoms with Crippen molar-refractivity contribution in [3.8, 4) is 0 Å². The van der Waals surface area contributed by atoms with Crippen LogP contribution in [0.25, 0.3) is 0 Å². The maximum absolute atomic E-state index is 9.15. The molecule has 2 fully saturated rings. The molecule has 2 rings (SSSR count). The quantitative estimate of drug-likeness (QED) is 0.645. The van der Waals surface area contributed by atoms with Gasteiger partial charge in [0.15, 0.2) is 0 Å². The maximum Gasteiger partial charge on any atom is 0.144 e. The van der Waals surface area contributed by atoms with Crippen LogP contribution in [0.1, 0.15) is 0 Å². The van der Waals surface area contributed by atoms with E-state index in [-0.39, 0.29) is 49.9 Å². The Bertz CT molecular complexity index is 220. The van der Waals surface area contributed by atoms with Gasteiger partial charge in [0.05, 0.1) is 6.61 Å². The van der Waals surface area contributed by atoms with Gasteiger partial charge in [0.1, 0.15) is 17.5 Å². The van der Waals surface area contributed by atoms with Gasteiger partial charge in [-0.1, -0.05) is 6.58 Å². The third kappa shape index (κ3) is 1.38. The van der Waals surface area contributed by atoms with E-state index in [1.165, 1.54) is 0 Å². The molecule has 0 saturated carbocycles. The normalized spacial score (nSPS) is 41.5. The Morgan fingerprint density at radius 1 is 1.77 bits per heavy atom. The monoisotopic (exact) mass is 409 g/mol. The molecule has 0 aromatic rings. The molecule has 2 aliphatic rings. The second-order valence-electron chi connectivity index (χ2n) is 2.96. The SMILES string of the molecule is C=C1O[C@H]2[CH-]O[C@]1(CO)[C@H]2OC.[U]. The molecule has 0 radical (unpaired) electrons. The summed E-state index contributed by atoms with van der Waals surface area (Å²) >= 11 is 0. The molecular weight excluding hydrogens is 398 g/mol. The van der Waals surface area contributed by atoms with Crippen molar-refractivity contribution in [3.63, 3.8) is 0 Å². The topological polar surface area (TPSA) is 47.9 Å². The average molecular weight is 409 g/mol. The van der Waals surface area contributed by atoms with Crippen LogP contribution in [0.5, 0.6) is 0 Å². The Labute approximate surface area is 101 Å². The van der Waals surface area contributed by atoms with E-state index in [1.54, 1.807) is 13.7 Å². The van der Waals surface area contributed by atoms with Crippen LogP contribution in [0.2, 0.25) is 0 Å². The number of hydrogen-bond acceptors (Lipinski definition) is 4. The van der Waals surface area contributed by atoms with Crippen molar-refractivity contribution < 1.29 is 50.4 Å². The van der Waals surface area contributed by atoms with Crippen molar-refractivity contribution >= 4 is 0 Å². The van der Waals surface area contributed by atoms with E-state index < -0.39 is 5.60 Å². The van der Waals surface area contributed by atoms with Crippen molar-refractivity contribution in [2.24, 2.45) is 0 Å². The number of methoxy groups -OCH3 is 1. The predicted octanol–water partition coefficient (Wildman–Crippen LogP) is -0.163. The summed E-state index contributed by atoms with van der Waals surface area (Å²) in [5.74, 6) is 0.448. The van der Waals surface area contributed by atoms with Crippen molar-refractivity contribution in [2.75, 3.05) is 13.7 Å². The maximum atomic E-state index is 9.15. The molecule has 3 atom stereocenters. The van der Waals surface area contributed by atoms with Gasteiger partial charge in [0.25, 0.3) is 0 Å². The summed E-state index contributed by atoms with van der Waals surface area (Å²) in [6.45, 7) is 5.04. The number of aliphatic hydroxyl groups excluding tert-OH is 1. The number of rotatable bonds is 2. The minimum Gasteiger partial charge on any atom is -0.535 e. The summed E-state index contributed by atoms with van der Waals surface area (Å²) < 4.78 is 15.7. The summed E-state index contributed by atoms with van der Waals surface area (Å²) in [7, 11) is 1.56. The first-order chi connectivity index (χ1) is 5.74. The van der Waals surface area contributed by atoms with Gasteiger partial charge in [-0.05, 0) is 0 Å². The van der Waals surface area contributed by atoms with Crippen LogP contribution in [-0.4, -0.2) is 36.6 Å². The molecule has 5 heteroatoms. The van der Waals surface area contributed by atoms with Crippen LogP contribution in [0.4, 0.5) is 0 Å². The largest absolute Gasteiger partial charge is 0.535 e. The fourth-order valence-electron chi connectivity index (χ4n) is 1.71. The van der Waals surface area contributed by atoms with Gasteiger partial charge >= 0.3 is 0 Å². The molecule has 0 aliphatic carbocycles. The third-order valence-corrected chi connectivity index (χ3v) is 2.41. The standard InChI is InChI=1S/C8H11O4.U/c1-5-8(4-9)7(10-2)6(12-5)3-11-8;/h3,6-7,9H,1,4H2,2H3;/q-1;/t6-,7-,8-;/m0./s1. The molecule has 0 aromatic heterocycles. The first-order valence-electron chi connectivity index (χ1n) is 3.75. The van der Waals surface area contributed by atoms with Crippen LogP contribution < -0.4 is 0 Å². The molecule has 2 heterocycles. The van der Waals surface area contributed by atoms with Gasteiger partial charge in [-0.3, -0.25) is 0 Å². The van der Waals surface area contributed by atoms with Crippen LogP contribution >= 0.6 is 0 Å². The average Bonchev–Trinajstić information content (AvgIpc) is 2.55. The second kappa shape index (κ2) is 3.92. The summed E-state index contributed by atoms with van der Waals surface area (Å²) in [5.41, 5.74) is -0.862. The van der Waals surface area contributed by atoms with Gasteiger partial charge in [0, 0.05) is 44.3 Å². The Kier molecular flexibility index (Phi) is 3.48. The Morgan fingerprint density at radius 2 is 2.46 bits per heavy atom. The van der Waals surface area contributed by atoms with Gasteiger partial charge in [-0.15, -0.1) is 0 Å². The van der Waals surface area contributed by atoms with Crippen LogP contribution in [0.3, 0.4) is 0 Å². The van der Waals surface area contributed by atoms with E-state index >= 15 is 0 Å². The number of ether oxygens (including phenoxy) is 3. The molecule has 0 unspecified atom stereocenters. The minimum atomic E-state index is -0.862. The zero-order valence-electron chi connectivity index (χ0n) is 7.32. The van der Waals surface area contributed by atoms with Gasteiger partial charge in [-0.2, -0.15) is 6.61 Å². The predicted molar refractivity (Wildman–Crippen MR) is 40.0 cm³/mol. The summed E-state index contributed by atoms with van der Waals surface area (Å²) in [6.07, 6.45) is -0.496. The number of fused-ring (bicyclic) bond motifs is 2. The van der Waals surface area contributed by atoms with E-state index in [2.05, 4.69) is 6.58 Å². The van der Waals surface area contributed by atoms with E-state index in [0.29, 0.717) is 5.76 Å². The minimum absolute atomic E-state index is 0. The van der Waals surface area contributed by atoms with Crippen LogP contribution in [0.15, 0.2) is 12.3 Å². The molecule has 1 N–H and O–H groups in total. The molecule has 72 valence electrons. The van der Waals surface area contributed by atoms with Crippen LogP contribution in [0, 0.1) is 37.7 Å². The molecule has 2 bridgehead atoms. The van der Waals surface area contributed by atoms with Crippen molar-refractivity contribution in [3.05, 3.63) is 18.9 Å². The molecule has 2 aliphatic heterocycles. The van der Waals surface area contributed by atoms with Gasteiger partial charge < -0.3 is 19.3 Å². The van der Waals surface area contributed by atoms with Crippen molar-refractivity contribution in [2.45, 2.75) is 17.8 Å². The van der Waals surface area contributed by atoms with Crippen LogP contribution in [-0.2, 0) is 14.2 Å². The molecule has 0 spiro atoms. The second-order valence-corrected chi connectivity index (χ2v) is 2.96. The summed E-state index contributed by atoms with van der Waals surface area (Å²) in [4.78, 5) is 0. The van der Waals surface area contributed by atoms with Gasteiger partial charge in [-0.25, -0.2) is 0 Å². The molecular formula is C8H11O4U-. The fourth-order valence-corrected chi connectivity index (χ4v) is 1.71.